The summed E-state index contributed by atoms with van der Waals surface area (Å²) in [6.07, 6.45) is 5.20. The summed E-state index contributed by atoms with van der Waals surface area (Å²) in [5, 5.41) is 3.14. The molecule has 0 bridgehead atoms. The topological polar surface area (TPSA) is 38.3 Å². The van der Waals surface area contributed by atoms with Gasteiger partial charge in [-0.1, -0.05) is 6.92 Å². The number of rotatable bonds is 6. The zero-order valence-corrected chi connectivity index (χ0v) is 11.8. The SMILES string of the molecule is CCNC(C)C(=O)c1ccc(OC2CCCC2)cc1. The van der Waals surface area contributed by atoms with Crippen LogP contribution in [-0.2, 0) is 0 Å². The summed E-state index contributed by atoms with van der Waals surface area (Å²) in [5.41, 5.74) is 0.743. The molecule has 0 heterocycles. The predicted octanol–water partition coefficient (Wildman–Crippen LogP) is 3.19. The zero-order chi connectivity index (χ0) is 13.7. The Labute approximate surface area is 115 Å². The van der Waals surface area contributed by atoms with Crippen molar-refractivity contribution >= 4 is 5.78 Å². The highest BCUT2D eigenvalue weighted by Crippen LogP contribution is 2.24. The highest BCUT2D eigenvalue weighted by Gasteiger charge is 2.17. The molecule has 3 heteroatoms. The Bertz CT molecular complexity index is 407. The minimum absolute atomic E-state index is 0.133. The van der Waals surface area contributed by atoms with Gasteiger partial charge in [0.25, 0.3) is 0 Å². The fraction of sp³-hybridized carbons (Fsp3) is 0.562. The maximum Gasteiger partial charge on any atom is 0.179 e. The number of benzene rings is 1. The van der Waals surface area contributed by atoms with Crippen LogP contribution in [0.5, 0.6) is 5.75 Å². The summed E-state index contributed by atoms with van der Waals surface area (Å²) < 4.78 is 5.89. The second-order valence-corrected chi connectivity index (χ2v) is 5.19. The van der Waals surface area contributed by atoms with Gasteiger partial charge in [0.1, 0.15) is 5.75 Å². The fourth-order valence-electron chi connectivity index (χ4n) is 2.55. The summed E-state index contributed by atoms with van der Waals surface area (Å²) in [4.78, 5) is 12.1. The number of likely N-dealkylation sites (N-methyl/N-ethyl adjacent to an activating group) is 1. The third-order valence-electron chi connectivity index (χ3n) is 3.65. The molecular weight excluding hydrogens is 238 g/mol. The molecule has 19 heavy (non-hydrogen) atoms. The molecule has 1 aromatic carbocycles. The van der Waals surface area contributed by atoms with Crippen LogP contribution in [0.3, 0.4) is 0 Å². The Morgan fingerprint density at radius 3 is 2.53 bits per heavy atom. The second kappa shape index (κ2) is 6.71. The van der Waals surface area contributed by atoms with E-state index < -0.39 is 0 Å². The van der Waals surface area contributed by atoms with E-state index in [2.05, 4.69) is 5.32 Å². The van der Waals surface area contributed by atoms with Gasteiger partial charge in [-0.2, -0.15) is 0 Å². The first-order chi connectivity index (χ1) is 9.20. The molecule has 0 radical (unpaired) electrons. The molecular formula is C16H23NO2. The molecule has 1 aliphatic carbocycles. The molecule has 0 aliphatic heterocycles. The number of hydrogen-bond acceptors (Lipinski definition) is 3. The highest BCUT2D eigenvalue weighted by molar-refractivity contribution is 5.99. The number of carbonyl (C=O) groups excluding carboxylic acids is 1. The van der Waals surface area contributed by atoms with Crippen molar-refractivity contribution in [2.45, 2.75) is 51.7 Å². The van der Waals surface area contributed by atoms with Crippen molar-refractivity contribution in [3.63, 3.8) is 0 Å². The quantitative estimate of drug-likeness (QED) is 0.799. The first-order valence-electron chi connectivity index (χ1n) is 7.25. The van der Waals surface area contributed by atoms with Gasteiger partial charge in [-0.3, -0.25) is 4.79 Å². The van der Waals surface area contributed by atoms with Gasteiger partial charge in [-0.15, -0.1) is 0 Å². The van der Waals surface area contributed by atoms with Crippen LogP contribution in [0.2, 0.25) is 0 Å². The Morgan fingerprint density at radius 1 is 1.32 bits per heavy atom. The van der Waals surface area contributed by atoms with E-state index in [9.17, 15) is 4.79 Å². The van der Waals surface area contributed by atoms with E-state index in [1.807, 2.05) is 38.1 Å². The Morgan fingerprint density at radius 2 is 1.95 bits per heavy atom. The van der Waals surface area contributed by atoms with Crippen LogP contribution in [0.25, 0.3) is 0 Å². The molecule has 0 saturated heterocycles. The second-order valence-electron chi connectivity index (χ2n) is 5.19. The number of carbonyl (C=O) groups is 1. The number of nitrogens with one attached hydrogen (secondary N) is 1. The molecule has 0 amide bonds. The van der Waals surface area contributed by atoms with Crippen LogP contribution in [-0.4, -0.2) is 24.5 Å². The molecule has 3 nitrogen and oxygen atoms in total. The minimum atomic E-state index is -0.133. The van der Waals surface area contributed by atoms with Crippen LogP contribution >= 0.6 is 0 Å². The molecule has 1 saturated carbocycles. The van der Waals surface area contributed by atoms with Crippen molar-refractivity contribution in [2.75, 3.05) is 6.54 Å². The molecule has 1 unspecified atom stereocenters. The molecule has 1 fully saturated rings. The largest absolute Gasteiger partial charge is 0.490 e. The third-order valence-corrected chi connectivity index (χ3v) is 3.65. The fourth-order valence-corrected chi connectivity index (χ4v) is 2.55. The van der Waals surface area contributed by atoms with Crippen LogP contribution in [0.1, 0.15) is 49.9 Å². The van der Waals surface area contributed by atoms with Crippen molar-refractivity contribution in [1.82, 2.24) is 5.32 Å². The van der Waals surface area contributed by atoms with Gasteiger partial charge >= 0.3 is 0 Å². The van der Waals surface area contributed by atoms with Crippen LogP contribution in [0, 0.1) is 0 Å². The maximum absolute atomic E-state index is 12.1. The average molecular weight is 261 g/mol. The number of ether oxygens (including phenoxy) is 1. The Kier molecular flexibility index (Phi) is 4.97. The van der Waals surface area contributed by atoms with Gasteiger partial charge in [0.15, 0.2) is 5.78 Å². The van der Waals surface area contributed by atoms with Crippen LogP contribution < -0.4 is 10.1 Å². The van der Waals surface area contributed by atoms with Crippen LogP contribution in [0.4, 0.5) is 0 Å². The number of Topliss-reactive ketones (excluding diaryl/α,β-unsaturated/α-hetero) is 1. The van der Waals surface area contributed by atoms with Crippen molar-refractivity contribution in [3.8, 4) is 5.75 Å². The Balaban J connectivity index is 1.95. The zero-order valence-electron chi connectivity index (χ0n) is 11.8. The number of hydrogen-bond donors (Lipinski definition) is 1. The summed E-state index contributed by atoms with van der Waals surface area (Å²) >= 11 is 0. The molecule has 1 atom stereocenters. The minimum Gasteiger partial charge on any atom is -0.490 e. The monoisotopic (exact) mass is 261 g/mol. The van der Waals surface area contributed by atoms with Crippen LogP contribution in [0.15, 0.2) is 24.3 Å². The molecule has 2 rings (SSSR count). The molecule has 0 spiro atoms. The third kappa shape index (κ3) is 3.80. The smallest absolute Gasteiger partial charge is 0.179 e. The highest BCUT2D eigenvalue weighted by atomic mass is 16.5. The Hall–Kier alpha value is -1.35. The summed E-state index contributed by atoms with van der Waals surface area (Å²) in [6, 6.07) is 7.40. The first kappa shape index (κ1) is 14.1. The molecule has 1 N–H and O–H groups in total. The van der Waals surface area contributed by atoms with Gasteiger partial charge in [0.05, 0.1) is 12.1 Å². The predicted molar refractivity (Wildman–Crippen MR) is 76.8 cm³/mol. The van der Waals surface area contributed by atoms with Gasteiger partial charge in [0, 0.05) is 5.56 Å². The van der Waals surface area contributed by atoms with E-state index in [1.54, 1.807) is 0 Å². The van der Waals surface area contributed by atoms with Crippen molar-refractivity contribution in [3.05, 3.63) is 29.8 Å². The maximum atomic E-state index is 12.1. The van der Waals surface area contributed by atoms with Crippen molar-refractivity contribution < 1.29 is 9.53 Å². The lowest BCUT2D eigenvalue weighted by Gasteiger charge is -2.14. The van der Waals surface area contributed by atoms with E-state index >= 15 is 0 Å². The van der Waals surface area contributed by atoms with Crippen molar-refractivity contribution in [1.29, 1.82) is 0 Å². The van der Waals surface area contributed by atoms with Gasteiger partial charge in [-0.25, -0.2) is 0 Å². The standard InChI is InChI=1S/C16H23NO2/c1-3-17-12(2)16(18)13-8-10-15(11-9-13)19-14-6-4-5-7-14/h8-12,14,17H,3-7H2,1-2H3. The molecule has 0 aromatic heterocycles. The van der Waals surface area contributed by atoms with E-state index in [4.69, 9.17) is 4.74 Å². The van der Waals surface area contributed by atoms with E-state index in [0.29, 0.717) is 6.10 Å². The van der Waals surface area contributed by atoms with E-state index in [0.717, 1.165) is 30.7 Å². The lowest BCUT2D eigenvalue weighted by atomic mass is 10.1. The van der Waals surface area contributed by atoms with Gasteiger partial charge < -0.3 is 10.1 Å². The number of ketones is 1. The van der Waals surface area contributed by atoms with E-state index in [-0.39, 0.29) is 11.8 Å². The molecule has 1 aromatic rings. The first-order valence-corrected chi connectivity index (χ1v) is 7.25. The molecule has 1 aliphatic rings. The summed E-state index contributed by atoms with van der Waals surface area (Å²) in [6.45, 7) is 4.70. The lowest BCUT2D eigenvalue weighted by molar-refractivity contribution is 0.0952. The average Bonchev–Trinajstić information content (AvgIpc) is 2.92. The molecule has 104 valence electrons. The lowest BCUT2D eigenvalue weighted by Crippen LogP contribution is -2.33. The van der Waals surface area contributed by atoms with Gasteiger partial charge in [-0.05, 0) is 63.4 Å². The normalized spacial score (nSPS) is 17.4. The summed E-state index contributed by atoms with van der Waals surface area (Å²) in [7, 11) is 0. The van der Waals surface area contributed by atoms with Gasteiger partial charge in [0.2, 0.25) is 0 Å². The summed E-state index contributed by atoms with van der Waals surface area (Å²) in [5.74, 6) is 1.01. The van der Waals surface area contributed by atoms with E-state index in [1.165, 1.54) is 12.8 Å². The van der Waals surface area contributed by atoms with Crippen molar-refractivity contribution in [2.24, 2.45) is 0 Å².